The molecule has 1 aliphatic rings. The van der Waals surface area contributed by atoms with Gasteiger partial charge in [-0.05, 0) is 49.4 Å². The molecule has 0 radical (unpaired) electrons. The zero-order valence-corrected chi connectivity index (χ0v) is 19.5. The Balaban J connectivity index is 1.20. The van der Waals surface area contributed by atoms with Crippen LogP contribution >= 0.6 is 23.1 Å². The summed E-state index contributed by atoms with van der Waals surface area (Å²) in [4.78, 5) is 36.3. The molecule has 0 atom stereocenters. The lowest BCUT2D eigenvalue weighted by Gasteiger charge is -2.17. The number of fused-ring (bicyclic) bond motifs is 3. The van der Waals surface area contributed by atoms with Gasteiger partial charge < -0.3 is 14.6 Å². The largest absolute Gasteiger partial charge is 0.492 e. The van der Waals surface area contributed by atoms with Crippen LogP contribution in [0.5, 0.6) is 5.75 Å². The van der Waals surface area contributed by atoms with Crippen LogP contribution in [0, 0.1) is 6.92 Å². The van der Waals surface area contributed by atoms with Gasteiger partial charge in [0.25, 0.3) is 5.56 Å². The van der Waals surface area contributed by atoms with Crippen molar-refractivity contribution in [1.82, 2.24) is 14.9 Å². The van der Waals surface area contributed by atoms with Gasteiger partial charge in [-0.3, -0.25) is 9.59 Å². The number of aromatic nitrogens is 2. The molecule has 31 heavy (non-hydrogen) atoms. The molecule has 1 aromatic carbocycles. The third kappa shape index (κ3) is 5.30. The molecule has 0 aliphatic heterocycles. The molecule has 4 rings (SSSR count). The number of hydrogen-bond acceptors (Lipinski definition) is 6. The van der Waals surface area contributed by atoms with Crippen molar-refractivity contribution < 1.29 is 9.53 Å². The van der Waals surface area contributed by atoms with Gasteiger partial charge in [-0.2, -0.15) is 11.8 Å². The molecule has 0 saturated heterocycles. The van der Waals surface area contributed by atoms with Crippen LogP contribution in [0.2, 0.25) is 0 Å². The number of thioether (sulfide) groups is 1. The highest BCUT2D eigenvalue weighted by Gasteiger charge is 2.21. The molecule has 6 nitrogen and oxygen atoms in total. The Labute approximate surface area is 190 Å². The molecule has 0 spiro atoms. The molecule has 2 aromatic heterocycles. The number of hydrogen-bond donors (Lipinski definition) is 1. The molecule has 8 heteroatoms. The summed E-state index contributed by atoms with van der Waals surface area (Å²) in [5.41, 5.74) is 2.33. The number of aryl methyl sites for hydroxylation is 3. The van der Waals surface area contributed by atoms with Crippen LogP contribution < -0.4 is 10.3 Å². The fraction of sp³-hybridized carbons (Fsp3) is 0.435. The quantitative estimate of drug-likeness (QED) is 0.493. The summed E-state index contributed by atoms with van der Waals surface area (Å²) in [5.74, 6) is 2.89. The van der Waals surface area contributed by atoms with Gasteiger partial charge in [0, 0.05) is 24.1 Å². The standard InChI is InChI=1S/C23H27N3O3S2/c1-15-5-3-6-16(13-15)29-11-10-26(2)20(27)9-12-30-14-19-24-22(28)21-17-7-4-8-18(17)31-23(21)25-19/h3,5-6,13H,4,7-12,14H2,1-2H3,(H,24,25,28). The molecule has 1 amide bonds. The first-order valence-electron chi connectivity index (χ1n) is 10.6. The first-order valence-corrected chi connectivity index (χ1v) is 12.5. The number of rotatable bonds is 9. The first-order chi connectivity index (χ1) is 15.0. The second kappa shape index (κ2) is 9.87. The van der Waals surface area contributed by atoms with Crippen molar-refractivity contribution >= 4 is 39.2 Å². The van der Waals surface area contributed by atoms with Crippen LogP contribution in [0.4, 0.5) is 0 Å². The number of aromatic amines is 1. The maximum Gasteiger partial charge on any atom is 0.259 e. The van der Waals surface area contributed by atoms with Gasteiger partial charge in [-0.1, -0.05) is 12.1 Å². The van der Waals surface area contributed by atoms with E-state index in [4.69, 9.17) is 4.74 Å². The first kappa shape index (κ1) is 21.9. The molecule has 164 valence electrons. The van der Waals surface area contributed by atoms with Crippen molar-refractivity contribution in [2.75, 3.05) is 26.0 Å². The van der Waals surface area contributed by atoms with E-state index in [0.717, 1.165) is 40.8 Å². The zero-order chi connectivity index (χ0) is 21.8. The fourth-order valence-electron chi connectivity index (χ4n) is 3.76. The number of thiophene rings is 1. The summed E-state index contributed by atoms with van der Waals surface area (Å²) in [7, 11) is 1.80. The van der Waals surface area contributed by atoms with Crippen LogP contribution in [-0.2, 0) is 23.4 Å². The highest BCUT2D eigenvalue weighted by Crippen LogP contribution is 2.34. The molecular formula is C23H27N3O3S2. The van der Waals surface area contributed by atoms with E-state index in [1.165, 1.54) is 10.4 Å². The molecule has 0 bridgehead atoms. The van der Waals surface area contributed by atoms with Gasteiger partial charge in [-0.25, -0.2) is 4.98 Å². The van der Waals surface area contributed by atoms with E-state index in [0.29, 0.717) is 36.9 Å². The van der Waals surface area contributed by atoms with Crippen LogP contribution in [0.15, 0.2) is 29.1 Å². The third-order valence-corrected chi connectivity index (χ3v) is 7.59. The van der Waals surface area contributed by atoms with Gasteiger partial charge in [0.1, 0.15) is 23.0 Å². The average Bonchev–Trinajstić information content (AvgIpc) is 3.32. The Morgan fingerprint density at radius 1 is 1.35 bits per heavy atom. The number of carbonyl (C=O) groups excluding carboxylic acids is 1. The SMILES string of the molecule is Cc1cccc(OCCN(C)C(=O)CCSCc2nc3sc4c(c3c(=O)[nH]2)CCC4)c1. The van der Waals surface area contributed by atoms with E-state index in [9.17, 15) is 9.59 Å². The number of benzene rings is 1. The highest BCUT2D eigenvalue weighted by atomic mass is 32.2. The number of likely N-dealkylation sites (N-methyl/N-ethyl adjacent to an activating group) is 1. The van der Waals surface area contributed by atoms with Crippen molar-refractivity contribution in [3.63, 3.8) is 0 Å². The predicted octanol–water partition coefficient (Wildman–Crippen LogP) is 3.94. The molecular weight excluding hydrogens is 430 g/mol. The van der Waals surface area contributed by atoms with Gasteiger partial charge in [0.2, 0.25) is 5.91 Å². The van der Waals surface area contributed by atoms with E-state index in [1.807, 2.05) is 31.2 Å². The number of carbonyl (C=O) groups is 1. The van der Waals surface area contributed by atoms with Gasteiger partial charge in [0.15, 0.2) is 0 Å². The Kier molecular flexibility index (Phi) is 6.97. The van der Waals surface area contributed by atoms with E-state index in [2.05, 4.69) is 9.97 Å². The number of amides is 1. The van der Waals surface area contributed by atoms with Crippen molar-refractivity contribution in [2.45, 2.75) is 38.4 Å². The maximum absolute atomic E-state index is 12.5. The number of H-pyrrole nitrogens is 1. The second-order valence-corrected chi connectivity index (χ2v) is 10.0. The van der Waals surface area contributed by atoms with Crippen LogP contribution in [0.3, 0.4) is 0 Å². The maximum atomic E-state index is 12.5. The smallest absolute Gasteiger partial charge is 0.259 e. The van der Waals surface area contributed by atoms with Crippen molar-refractivity contribution in [3.8, 4) is 5.75 Å². The topological polar surface area (TPSA) is 75.3 Å². The fourth-order valence-corrected chi connectivity index (χ4v) is 5.84. The number of nitrogens with zero attached hydrogens (tertiary/aromatic N) is 2. The van der Waals surface area contributed by atoms with Crippen LogP contribution in [0.1, 0.15) is 34.7 Å². The minimum absolute atomic E-state index is 0.0237. The minimum atomic E-state index is -0.0237. The van der Waals surface area contributed by atoms with Crippen LogP contribution in [0.25, 0.3) is 10.2 Å². The number of ether oxygens (including phenoxy) is 1. The summed E-state index contributed by atoms with van der Waals surface area (Å²) < 4.78 is 5.72. The molecule has 1 aliphatic carbocycles. The average molecular weight is 458 g/mol. The molecule has 0 saturated carbocycles. The lowest BCUT2D eigenvalue weighted by atomic mass is 10.2. The predicted molar refractivity (Wildman–Crippen MR) is 127 cm³/mol. The van der Waals surface area contributed by atoms with Crippen molar-refractivity contribution in [3.05, 3.63) is 56.4 Å². The van der Waals surface area contributed by atoms with E-state index in [-0.39, 0.29) is 11.5 Å². The zero-order valence-electron chi connectivity index (χ0n) is 17.9. The van der Waals surface area contributed by atoms with E-state index < -0.39 is 0 Å². The van der Waals surface area contributed by atoms with E-state index >= 15 is 0 Å². The molecule has 0 fully saturated rings. The second-order valence-electron chi connectivity index (χ2n) is 7.83. The molecule has 2 heterocycles. The molecule has 1 N–H and O–H groups in total. The minimum Gasteiger partial charge on any atom is -0.492 e. The van der Waals surface area contributed by atoms with Crippen LogP contribution in [-0.4, -0.2) is 46.7 Å². The summed E-state index contributed by atoms with van der Waals surface area (Å²) >= 11 is 3.27. The summed E-state index contributed by atoms with van der Waals surface area (Å²) in [6, 6.07) is 7.89. The third-order valence-electron chi connectivity index (χ3n) is 5.43. The Bertz CT molecular complexity index is 1140. The van der Waals surface area contributed by atoms with Crippen molar-refractivity contribution in [2.24, 2.45) is 0 Å². The lowest BCUT2D eigenvalue weighted by Crippen LogP contribution is -2.31. The Morgan fingerprint density at radius 3 is 3.06 bits per heavy atom. The number of nitrogens with one attached hydrogen (secondary N) is 1. The normalized spacial score (nSPS) is 12.8. The summed E-state index contributed by atoms with van der Waals surface area (Å²) in [6.45, 7) is 3.04. The highest BCUT2D eigenvalue weighted by molar-refractivity contribution is 7.98. The van der Waals surface area contributed by atoms with Gasteiger partial charge >= 0.3 is 0 Å². The summed E-state index contributed by atoms with van der Waals surface area (Å²) in [5, 5.41) is 0.788. The molecule has 3 aromatic rings. The summed E-state index contributed by atoms with van der Waals surface area (Å²) in [6.07, 6.45) is 3.63. The Hall–Kier alpha value is -2.32. The van der Waals surface area contributed by atoms with Gasteiger partial charge in [0.05, 0.1) is 17.7 Å². The molecule has 0 unspecified atom stereocenters. The monoisotopic (exact) mass is 457 g/mol. The Morgan fingerprint density at radius 2 is 2.23 bits per heavy atom. The lowest BCUT2D eigenvalue weighted by molar-refractivity contribution is -0.129. The van der Waals surface area contributed by atoms with Crippen molar-refractivity contribution in [1.29, 1.82) is 0 Å². The van der Waals surface area contributed by atoms with Gasteiger partial charge in [-0.15, -0.1) is 11.3 Å². The van der Waals surface area contributed by atoms with E-state index in [1.54, 1.807) is 35.0 Å².